The summed E-state index contributed by atoms with van der Waals surface area (Å²) in [5, 5.41) is 3.16. The maximum absolute atomic E-state index is 11.9. The molecule has 0 saturated carbocycles. The van der Waals surface area contributed by atoms with Gasteiger partial charge in [0, 0.05) is 25.8 Å². The lowest BCUT2D eigenvalue weighted by atomic mass is 10.1. The number of hydrogen-bond donors (Lipinski definition) is 1. The van der Waals surface area contributed by atoms with Gasteiger partial charge in [0.15, 0.2) is 0 Å². The molecule has 1 aliphatic heterocycles. The minimum atomic E-state index is 0.210. The molecule has 0 aliphatic carbocycles. The Hall–Kier alpha value is -1.42. The summed E-state index contributed by atoms with van der Waals surface area (Å²) in [5.74, 6) is 0.210. The third kappa shape index (κ3) is 3.81. The van der Waals surface area contributed by atoms with Crippen LogP contribution >= 0.6 is 0 Å². The fourth-order valence-corrected chi connectivity index (χ4v) is 2.16. The van der Waals surface area contributed by atoms with Crippen LogP contribution in [0.1, 0.15) is 30.5 Å². The van der Waals surface area contributed by atoms with E-state index in [1.165, 1.54) is 6.42 Å². The monoisotopic (exact) mass is 247 g/mol. The van der Waals surface area contributed by atoms with E-state index >= 15 is 0 Å². The van der Waals surface area contributed by atoms with E-state index in [1.807, 2.05) is 30.2 Å². The average Bonchev–Trinajstić information content (AvgIpc) is 2.42. The van der Waals surface area contributed by atoms with Crippen LogP contribution in [0.2, 0.25) is 0 Å². The highest BCUT2D eigenvalue weighted by molar-refractivity contribution is 5.78. The van der Waals surface area contributed by atoms with Crippen LogP contribution in [0.3, 0.4) is 0 Å². The number of pyridine rings is 1. The van der Waals surface area contributed by atoms with Crippen LogP contribution < -0.4 is 5.32 Å². The predicted octanol–water partition coefficient (Wildman–Crippen LogP) is 1.49. The molecule has 0 bridgehead atoms. The first-order valence-corrected chi connectivity index (χ1v) is 6.66. The standard InChI is InChI=1S/C14H21N3O/c1-12-5-6-13(16-9-12)10-15-11-14(18)17-7-3-2-4-8-17/h5-6,9,15H,2-4,7-8,10-11H2,1H3. The Morgan fingerprint density at radius 1 is 1.33 bits per heavy atom. The van der Waals surface area contributed by atoms with Crippen LogP contribution in [0.15, 0.2) is 18.3 Å². The summed E-state index contributed by atoms with van der Waals surface area (Å²) < 4.78 is 0. The Morgan fingerprint density at radius 2 is 2.11 bits per heavy atom. The summed E-state index contributed by atoms with van der Waals surface area (Å²) in [4.78, 5) is 18.1. The number of carbonyl (C=O) groups is 1. The van der Waals surface area contributed by atoms with E-state index in [9.17, 15) is 4.79 Å². The quantitative estimate of drug-likeness (QED) is 0.877. The maximum Gasteiger partial charge on any atom is 0.236 e. The van der Waals surface area contributed by atoms with E-state index in [4.69, 9.17) is 0 Å². The summed E-state index contributed by atoms with van der Waals surface area (Å²) >= 11 is 0. The van der Waals surface area contributed by atoms with Crippen molar-refractivity contribution in [3.05, 3.63) is 29.6 Å². The van der Waals surface area contributed by atoms with Crippen molar-refractivity contribution in [2.45, 2.75) is 32.7 Å². The lowest BCUT2D eigenvalue weighted by Crippen LogP contribution is -2.41. The third-order valence-electron chi connectivity index (χ3n) is 3.26. The highest BCUT2D eigenvalue weighted by Gasteiger charge is 2.15. The number of rotatable bonds is 4. The van der Waals surface area contributed by atoms with Crippen molar-refractivity contribution in [3.8, 4) is 0 Å². The molecule has 1 fully saturated rings. The van der Waals surface area contributed by atoms with Gasteiger partial charge in [-0.25, -0.2) is 0 Å². The smallest absolute Gasteiger partial charge is 0.236 e. The maximum atomic E-state index is 11.9. The normalized spacial score (nSPS) is 15.7. The number of piperidine rings is 1. The number of amides is 1. The Labute approximate surface area is 108 Å². The number of hydrogen-bond acceptors (Lipinski definition) is 3. The summed E-state index contributed by atoms with van der Waals surface area (Å²) in [6.07, 6.45) is 5.39. The molecular formula is C14H21N3O. The predicted molar refractivity (Wildman–Crippen MR) is 71.1 cm³/mol. The fraction of sp³-hybridized carbons (Fsp3) is 0.571. The largest absolute Gasteiger partial charge is 0.342 e. The van der Waals surface area contributed by atoms with Gasteiger partial charge in [0.2, 0.25) is 5.91 Å². The Balaban J connectivity index is 1.71. The number of aromatic nitrogens is 1. The second-order valence-electron chi connectivity index (χ2n) is 4.87. The second kappa shape index (κ2) is 6.50. The lowest BCUT2D eigenvalue weighted by Gasteiger charge is -2.26. The van der Waals surface area contributed by atoms with Gasteiger partial charge in [-0.05, 0) is 37.8 Å². The topological polar surface area (TPSA) is 45.2 Å². The number of likely N-dealkylation sites (tertiary alicyclic amines) is 1. The van der Waals surface area contributed by atoms with Crippen LogP contribution in [-0.2, 0) is 11.3 Å². The first-order valence-electron chi connectivity index (χ1n) is 6.66. The first kappa shape index (κ1) is 13.0. The molecule has 2 heterocycles. The van der Waals surface area contributed by atoms with Gasteiger partial charge in [0.05, 0.1) is 12.2 Å². The molecule has 0 spiro atoms. The molecule has 1 aromatic heterocycles. The molecule has 18 heavy (non-hydrogen) atoms. The second-order valence-corrected chi connectivity index (χ2v) is 4.87. The molecule has 0 atom stereocenters. The van der Waals surface area contributed by atoms with Crippen molar-refractivity contribution in [1.82, 2.24) is 15.2 Å². The van der Waals surface area contributed by atoms with E-state index in [2.05, 4.69) is 10.3 Å². The van der Waals surface area contributed by atoms with Gasteiger partial charge >= 0.3 is 0 Å². The van der Waals surface area contributed by atoms with Crippen LogP contribution in [0.25, 0.3) is 0 Å². The van der Waals surface area contributed by atoms with Gasteiger partial charge in [-0.15, -0.1) is 0 Å². The zero-order valence-corrected chi connectivity index (χ0v) is 11.0. The van der Waals surface area contributed by atoms with Gasteiger partial charge in [0.1, 0.15) is 0 Å². The molecule has 0 radical (unpaired) electrons. The zero-order chi connectivity index (χ0) is 12.8. The van der Waals surface area contributed by atoms with E-state index in [0.29, 0.717) is 13.1 Å². The SMILES string of the molecule is Cc1ccc(CNCC(=O)N2CCCCC2)nc1. The van der Waals surface area contributed by atoms with E-state index in [-0.39, 0.29) is 5.91 Å². The molecule has 1 amide bonds. The summed E-state index contributed by atoms with van der Waals surface area (Å²) in [6, 6.07) is 4.03. The first-order chi connectivity index (χ1) is 8.75. The average molecular weight is 247 g/mol. The van der Waals surface area contributed by atoms with Crippen molar-refractivity contribution < 1.29 is 4.79 Å². The highest BCUT2D eigenvalue weighted by Crippen LogP contribution is 2.08. The van der Waals surface area contributed by atoms with Gasteiger partial charge in [-0.3, -0.25) is 9.78 Å². The van der Waals surface area contributed by atoms with Gasteiger partial charge in [-0.1, -0.05) is 6.07 Å². The zero-order valence-electron chi connectivity index (χ0n) is 11.0. The fourth-order valence-electron chi connectivity index (χ4n) is 2.16. The molecule has 98 valence electrons. The van der Waals surface area contributed by atoms with E-state index in [0.717, 1.165) is 37.2 Å². The van der Waals surface area contributed by atoms with Crippen molar-refractivity contribution in [2.75, 3.05) is 19.6 Å². The third-order valence-corrected chi connectivity index (χ3v) is 3.26. The molecule has 1 aliphatic rings. The molecule has 1 saturated heterocycles. The molecule has 0 unspecified atom stereocenters. The lowest BCUT2D eigenvalue weighted by molar-refractivity contribution is -0.131. The molecule has 1 N–H and O–H groups in total. The highest BCUT2D eigenvalue weighted by atomic mass is 16.2. The minimum Gasteiger partial charge on any atom is -0.342 e. The van der Waals surface area contributed by atoms with Crippen molar-refractivity contribution in [1.29, 1.82) is 0 Å². The van der Waals surface area contributed by atoms with Crippen LogP contribution in [-0.4, -0.2) is 35.4 Å². The number of aryl methyl sites for hydroxylation is 1. The van der Waals surface area contributed by atoms with Crippen molar-refractivity contribution >= 4 is 5.91 Å². The van der Waals surface area contributed by atoms with Crippen molar-refractivity contribution in [3.63, 3.8) is 0 Å². The summed E-state index contributed by atoms with van der Waals surface area (Å²) in [6.45, 7) is 4.92. The Morgan fingerprint density at radius 3 is 2.78 bits per heavy atom. The number of carbonyl (C=O) groups excluding carboxylic acids is 1. The van der Waals surface area contributed by atoms with E-state index in [1.54, 1.807) is 0 Å². The van der Waals surface area contributed by atoms with Crippen LogP contribution in [0.5, 0.6) is 0 Å². The van der Waals surface area contributed by atoms with Crippen LogP contribution in [0.4, 0.5) is 0 Å². The number of nitrogens with zero attached hydrogens (tertiary/aromatic N) is 2. The molecule has 1 aromatic rings. The molecule has 4 heteroatoms. The molecular weight excluding hydrogens is 226 g/mol. The summed E-state index contributed by atoms with van der Waals surface area (Å²) in [5.41, 5.74) is 2.13. The van der Waals surface area contributed by atoms with Gasteiger partial charge in [0.25, 0.3) is 0 Å². The Bertz CT molecular complexity index is 383. The Kier molecular flexibility index (Phi) is 4.70. The molecule has 2 rings (SSSR count). The van der Waals surface area contributed by atoms with Crippen molar-refractivity contribution in [2.24, 2.45) is 0 Å². The number of nitrogens with one attached hydrogen (secondary N) is 1. The summed E-state index contributed by atoms with van der Waals surface area (Å²) in [7, 11) is 0. The van der Waals surface area contributed by atoms with E-state index < -0.39 is 0 Å². The molecule has 4 nitrogen and oxygen atoms in total. The van der Waals surface area contributed by atoms with Gasteiger partial charge < -0.3 is 10.2 Å². The minimum absolute atomic E-state index is 0.210. The molecule has 0 aromatic carbocycles. The van der Waals surface area contributed by atoms with Gasteiger partial charge in [-0.2, -0.15) is 0 Å². The van der Waals surface area contributed by atoms with Crippen LogP contribution in [0, 0.1) is 6.92 Å².